The fraction of sp³-hybridized carbons (Fsp3) is 0.304. The van der Waals surface area contributed by atoms with Crippen LogP contribution in [0.15, 0.2) is 36.4 Å². The molecule has 8 nitrogen and oxygen atoms in total. The van der Waals surface area contributed by atoms with Gasteiger partial charge >= 0.3 is 0 Å². The van der Waals surface area contributed by atoms with Crippen molar-refractivity contribution < 1.29 is 23.7 Å². The summed E-state index contributed by atoms with van der Waals surface area (Å²) in [4.78, 5) is 19.4. The molecule has 1 aromatic heterocycles. The lowest BCUT2D eigenvalue weighted by Crippen LogP contribution is -2.36. The Morgan fingerprint density at radius 2 is 1.81 bits per heavy atom. The Bertz CT molecular complexity index is 1110. The third-order valence-corrected chi connectivity index (χ3v) is 6.12. The zero-order chi connectivity index (χ0) is 22.5. The number of aromatic nitrogens is 1. The van der Waals surface area contributed by atoms with Gasteiger partial charge in [0, 0.05) is 24.9 Å². The molecule has 1 fully saturated rings. The zero-order valence-electron chi connectivity index (χ0n) is 18.2. The van der Waals surface area contributed by atoms with Crippen LogP contribution >= 0.6 is 11.3 Å². The van der Waals surface area contributed by atoms with E-state index in [1.165, 1.54) is 6.08 Å². The highest BCUT2D eigenvalue weighted by atomic mass is 32.1. The molecule has 9 heteroatoms. The lowest BCUT2D eigenvalue weighted by Gasteiger charge is -2.25. The highest BCUT2D eigenvalue weighted by Gasteiger charge is 2.16. The molecule has 0 spiro atoms. The molecule has 1 aliphatic rings. The van der Waals surface area contributed by atoms with Gasteiger partial charge in [-0.05, 0) is 42.0 Å². The van der Waals surface area contributed by atoms with Gasteiger partial charge in [-0.3, -0.25) is 4.79 Å². The van der Waals surface area contributed by atoms with Gasteiger partial charge in [-0.1, -0.05) is 11.3 Å². The number of hydrogen-bond donors (Lipinski definition) is 1. The van der Waals surface area contributed by atoms with Crippen LogP contribution in [0.5, 0.6) is 17.2 Å². The fourth-order valence-corrected chi connectivity index (χ4v) is 4.49. The molecule has 1 saturated heterocycles. The number of anilines is 2. The van der Waals surface area contributed by atoms with Crippen molar-refractivity contribution >= 4 is 44.4 Å². The van der Waals surface area contributed by atoms with E-state index in [0.717, 1.165) is 47.2 Å². The lowest BCUT2D eigenvalue weighted by molar-refractivity contribution is -0.111. The molecule has 1 aliphatic heterocycles. The third-order valence-electron chi connectivity index (χ3n) is 5.04. The summed E-state index contributed by atoms with van der Waals surface area (Å²) in [5.41, 5.74) is 2.39. The summed E-state index contributed by atoms with van der Waals surface area (Å²) >= 11 is 1.62. The number of morpholine rings is 1. The number of benzene rings is 2. The van der Waals surface area contributed by atoms with E-state index in [4.69, 9.17) is 23.9 Å². The summed E-state index contributed by atoms with van der Waals surface area (Å²) in [5.74, 6) is 1.32. The quantitative estimate of drug-likeness (QED) is 0.543. The molecule has 1 N–H and O–H groups in total. The molecule has 168 valence electrons. The van der Waals surface area contributed by atoms with E-state index in [9.17, 15) is 4.79 Å². The molecule has 2 heterocycles. The molecule has 4 rings (SSSR count). The fourth-order valence-electron chi connectivity index (χ4n) is 3.43. The van der Waals surface area contributed by atoms with Crippen molar-refractivity contribution in [3.63, 3.8) is 0 Å². The number of hydrogen-bond acceptors (Lipinski definition) is 8. The molecular weight excluding hydrogens is 430 g/mol. The number of amides is 1. The van der Waals surface area contributed by atoms with Gasteiger partial charge in [0.05, 0.1) is 44.8 Å². The van der Waals surface area contributed by atoms with Gasteiger partial charge in [-0.2, -0.15) is 0 Å². The van der Waals surface area contributed by atoms with E-state index < -0.39 is 0 Å². The standard InChI is InChI=1S/C23H25N3O5S/c1-28-18-12-15(13-19(29-2)22(18)30-3)4-7-21(27)24-16-5-6-17-20(14-16)32-23(25-17)26-8-10-31-11-9-26/h4-7,12-14H,8-11H2,1-3H3,(H,24,27)/b7-4+. The number of ether oxygens (including phenoxy) is 4. The van der Waals surface area contributed by atoms with Gasteiger partial charge in [0.1, 0.15) is 0 Å². The van der Waals surface area contributed by atoms with E-state index >= 15 is 0 Å². The molecule has 1 amide bonds. The van der Waals surface area contributed by atoms with Crippen LogP contribution in [-0.4, -0.2) is 58.5 Å². The van der Waals surface area contributed by atoms with Crippen molar-refractivity contribution in [1.82, 2.24) is 4.98 Å². The minimum Gasteiger partial charge on any atom is -0.493 e. The van der Waals surface area contributed by atoms with Gasteiger partial charge in [0.2, 0.25) is 11.7 Å². The summed E-state index contributed by atoms with van der Waals surface area (Å²) in [6.07, 6.45) is 3.16. The predicted octanol–water partition coefficient (Wildman–Crippen LogP) is 3.81. The Morgan fingerprint density at radius 1 is 1.09 bits per heavy atom. The van der Waals surface area contributed by atoms with Crippen LogP contribution in [0, 0.1) is 0 Å². The van der Waals surface area contributed by atoms with Crippen LogP contribution < -0.4 is 24.4 Å². The molecule has 0 aliphatic carbocycles. The molecule has 2 aromatic carbocycles. The first-order valence-electron chi connectivity index (χ1n) is 10.1. The monoisotopic (exact) mass is 455 g/mol. The van der Waals surface area contributed by atoms with Gasteiger partial charge < -0.3 is 29.2 Å². The minimum atomic E-state index is -0.240. The Morgan fingerprint density at radius 3 is 2.47 bits per heavy atom. The van der Waals surface area contributed by atoms with Crippen molar-refractivity contribution in [3.8, 4) is 17.2 Å². The second-order valence-electron chi connectivity index (χ2n) is 7.06. The number of nitrogens with one attached hydrogen (secondary N) is 1. The number of thiazole rings is 1. The van der Waals surface area contributed by atoms with Crippen LogP contribution in [-0.2, 0) is 9.53 Å². The maximum absolute atomic E-state index is 12.5. The third kappa shape index (κ3) is 4.79. The molecule has 3 aromatic rings. The second kappa shape index (κ2) is 9.88. The topological polar surface area (TPSA) is 82.2 Å². The summed E-state index contributed by atoms with van der Waals surface area (Å²) < 4.78 is 22.5. The van der Waals surface area contributed by atoms with E-state index in [-0.39, 0.29) is 5.91 Å². The Kier molecular flexibility index (Phi) is 6.77. The molecule has 32 heavy (non-hydrogen) atoms. The SMILES string of the molecule is COc1cc(/C=C/C(=O)Nc2ccc3nc(N4CCOCC4)sc3c2)cc(OC)c1OC. The van der Waals surface area contributed by atoms with Gasteiger partial charge in [0.25, 0.3) is 0 Å². The normalized spacial score (nSPS) is 14.0. The molecule has 0 unspecified atom stereocenters. The first-order valence-corrected chi connectivity index (χ1v) is 11.0. The van der Waals surface area contributed by atoms with Crippen LogP contribution in [0.1, 0.15) is 5.56 Å². The second-order valence-corrected chi connectivity index (χ2v) is 8.07. The average molecular weight is 456 g/mol. The van der Waals surface area contributed by atoms with Crippen molar-refractivity contribution in [2.45, 2.75) is 0 Å². The number of rotatable bonds is 7. The first-order chi connectivity index (χ1) is 15.6. The molecule has 0 atom stereocenters. The van der Waals surface area contributed by atoms with E-state index in [0.29, 0.717) is 22.9 Å². The zero-order valence-corrected chi connectivity index (χ0v) is 19.0. The summed E-state index contributed by atoms with van der Waals surface area (Å²) in [5, 5.41) is 3.89. The number of fused-ring (bicyclic) bond motifs is 1. The molecular formula is C23H25N3O5S. The van der Waals surface area contributed by atoms with Crippen molar-refractivity contribution in [2.24, 2.45) is 0 Å². The van der Waals surface area contributed by atoms with E-state index in [1.54, 1.807) is 50.9 Å². The number of carbonyl (C=O) groups excluding carboxylic acids is 1. The van der Waals surface area contributed by atoms with Gasteiger partial charge in [-0.15, -0.1) is 0 Å². The summed E-state index contributed by atoms with van der Waals surface area (Å²) in [6.45, 7) is 3.12. The smallest absolute Gasteiger partial charge is 0.248 e. The summed E-state index contributed by atoms with van der Waals surface area (Å²) in [6, 6.07) is 9.29. The van der Waals surface area contributed by atoms with Gasteiger partial charge in [0.15, 0.2) is 16.6 Å². The van der Waals surface area contributed by atoms with Crippen molar-refractivity contribution in [3.05, 3.63) is 42.0 Å². The largest absolute Gasteiger partial charge is 0.493 e. The predicted molar refractivity (Wildman–Crippen MR) is 126 cm³/mol. The van der Waals surface area contributed by atoms with Crippen molar-refractivity contribution in [2.75, 3.05) is 57.8 Å². The Hall–Kier alpha value is -3.30. The first kappa shape index (κ1) is 21.9. The maximum atomic E-state index is 12.5. The Labute approximate surface area is 190 Å². The van der Waals surface area contributed by atoms with E-state index in [1.807, 2.05) is 18.2 Å². The highest BCUT2D eigenvalue weighted by molar-refractivity contribution is 7.22. The number of carbonyl (C=O) groups is 1. The average Bonchev–Trinajstić information content (AvgIpc) is 3.26. The molecule has 0 saturated carbocycles. The minimum absolute atomic E-state index is 0.240. The van der Waals surface area contributed by atoms with E-state index in [2.05, 4.69) is 10.2 Å². The molecule has 0 radical (unpaired) electrons. The molecule has 0 bridgehead atoms. The van der Waals surface area contributed by atoms with Crippen LogP contribution in [0.3, 0.4) is 0 Å². The lowest BCUT2D eigenvalue weighted by atomic mass is 10.1. The van der Waals surface area contributed by atoms with Crippen LogP contribution in [0.25, 0.3) is 16.3 Å². The highest BCUT2D eigenvalue weighted by Crippen LogP contribution is 2.38. The van der Waals surface area contributed by atoms with Crippen molar-refractivity contribution in [1.29, 1.82) is 0 Å². The van der Waals surface area contributed by atoms with Crippen LogP contribution in [0.4, 0.5) is 10.8 Å². The van der Waals surface area contributed by atoms with Crippen LogP contribution in [0.2, 0.25) is 0 Å². The Balaban J connectivity index is 1.47. The maximum Gasteiger partial charge on any atom is 0.248 e. The summed E-state index contributed by atoms with van der Waals surface area (Å²) in [7, 11) is 4.66. The van der Waals surface area contributed by atoms with Gasteiger partial charge in [-0.25, -0.2) is 4.98 Å². The number of methoxy groups -OCH3 is 3. The number of nitrogens with zero attached hydrogens (tertiary/aromatic N) is 2.